The lowest BCUT2D eigenvalue weighted by atomic mass is 10.0. The molecular formula is C24H21FN6O2S. The van der Waals surface area contributed by atoms with Crippen LogP contribution in [0.15, 0.2) is 53.7 Å². The highest BCUT2D eigenvalue weighted by Gasteiger charge is 2.20. The predicted octanol–water partition coefficient (Wildman–Crippen LogP) is 3.54. The van der Waals surface area contributed by atoms with Crippen molar-refractivity contribution in [1.82, 2.24) is 18.7 Å². The fourth-order valence-corrected chi connectivity index (χ4v) is 4.79. The van der Waals surface area contributed by atoms with Crippen LogP contribution in [0.2, 0.25) is 0 Å². The number of nitrogens with zero attached hydrogens (tertiary/aromatic N) is 5. The number of imidazole rings is 1. The molecular weight excluding hydrogens is 455 g/mol. The minimum absolute atomic E-state index is 0.213. The van der Waals surface area contributed by atoms with E-state index in [9.17, 15) is 13.9 Å². The second kappa shape index (κ2) is 8.85. The summed E-state index contributed by atoms with van der Waals surface area (Å²) in [4.78, 5) is 9.66. The molecule has 2 aromatic heterocycles. The van der Waals surface area contributed by atoms with Crippen molar-refractivity contribution in [3.05, 3.63) is 71.4 Å². The number of halogens is 1. The van der Waals surface area contributed by atoms with Gasteiger partial charge in [-0.15, -0.1) is 0 Å². The van der Waals surface area contributed by atoms with Gasteiger partial charge in [0.15, 0.2) is 11.3 Å². The Morgan fingerprint density at radius 2 is 2.06 bits per heavy atom. The summed E-state index contributed by atoms with van der Waals surface area (Å²) in [6.45, 7) is 0.752. The molecule has 0 radical (unpaired) electrons. The maximum Gasteiger partial charge on any atom is 0.208 e. The maximum atomic E-state index is 14.5. The van der Waals surface area contributed by atoms with E-state index in [0.29, 0.717) is 40.8 Å². The molecule has 34 heavy (non-hydrogen) atoms. The number of hydrogen-bond acceptors (Lipinski definition) is 6. The number of nitrogens with one attached hydrogen (secondary N) is 1. The lowest BCUT2D eigenvalue weighted by Gasteiger charge is -2.13. The van der Waals surface area contributed by atoms with Crippen molar-refractivity contribution in [2.45, 2.75) is 17.9 Å². The van der Waals surface area contributed by atoms with Crippen LogP contribution in [0.4, 0.5) is 10.3 Å². The second-order valence-electron chi connectivity index (χ2n) is 7.97. The number of benzene rings is 2. The number of fused-ring (bicyclic) bond motifs is 2. The standard InChI is InChI=1S/C24H21FN6O2S/c1-30(2)34(32)17-5-3-15(4-6-17)19-12-27-24(31-14-16(11-26)29-23(19)31)28-13-20-18-9-10-33-22(18)8-7-21(20)25/h3-8,12,14H,9-10,13H2,1-2H3,(H,27,28). The number of nitriles is 1. The van der Waals surface area contributed by atoms with Gasteiger partial charge in [0.05, 0.1) is 17.7 Å². The highest BCUT2D eigenvalue weighted by molar-refractivity contribution is 7.82. The van der Waals surface area contributed by atoms with Crippen molar-refractivity contribution in [2.75, 3.05) is 26.0 Å². The molecule has 0 fully saturated rings. The average Bonchev–Trinajstić information content (AvgIpc) is 3.50. The van der Waals surface area contributed by atoms with Crippen molar-refractivity contribution in [2.24, 2.45) is 0 Å². The summed E-state index contributed by atoms with van der Waals surface area (Å²) in [5.41, 5.74) is 3.72. The molecule has 4 aromatic rings. The molecule has 2 aromatic carbocycles. The molecule has 172 valence electrons. The summed E-state index contributed by atoms with van der Waals surface area (Å²) >= 11 is 0. The van der Waals surface area contributed by atoms with Gasteiger partial charge >= 0.3 is 0 Å². The number of ether oxygens (including phenoxy) is 1. The Kier molecular flexibility index (Phi) is 5.73. The molecule has 0 saturated heterocycles. The van der Waals surface area contributed by atoms with Crippen LogP contribution in [-0.4, -0.2) is 43.6 Å². The Hall–Kier alpha value is -3.81. The van der Waals surface area contributed by atoms with Crippen LogP contribution in [0, 0.1) is 17.1 Å². The molecule has 0 saturated carbocycles. The van der Waals surface area contributed by atoms with Crippen molar-refractivity contribution in [1.29, 1.82) is 5.26 Å². The minimum Gasteiger partial charge on any atom is -0.493 e. The van der Waals surface area contributed by atoms with Gasteiger partial charge in [0.25, 0.3) is 0 Å². The zero-order valence-corrected chi connectivity index (χ0v) is 19.4. The fraction of sp³-hybridized carbons (Fsp3) is 0.208. The molecule has 0 amide bonds. The normalized spacial score (nSPS) is 13.5. The zero-order valence-electron chi connectivity index (χ0n) is 18.6. The van der Waals surface area contributed by atoms with Crippen LogP contribution in [0.1, 0.15) is 16.8 Å². The zero-order chi connectivity index (χ0) is 23.8. The third kappa shape index (κ3) is 3.89. The molecule has 3 heterocycles. The highest BCUT2D eigenvalue weighted by Crippen LogP contribution is 2.31. The Morgan fingerprint density at radius 1 is 1.26 bits per heavy atom. The third-order valence-electron chi connectivity index (χ3n) is 5.67. The van der Waals surface area contributed by atoms with Crippen LogP contribution in [-0.2, 0) is 24.0 Å². The SMILES string of the molecule is CN(C)S(=O)c1ccc(-c2cnc(NCc3c(F)ccc4c3CCO4)n3cc(C#N)nc23)cc1. The van der Waals surface area contributed by atoms with Crippen molar-refractivity contribution >= 4 is 22.6 Å². The first-order valence-electron chi connectivity index (χ1n) is 10.6. The number of anilines is 1. The van der Waals surface area contributed by atoms with E-state index in [2.05, 4.69) is 21.4 Å². The van der Waals surface area contributed by atoms with E-state index in [4.69, 9.17) is 4.74 Å². The monoisotopic (exact) mass is 476 g/mol. The van der Waals surface area contributed by atoms with Crippen molar-refractivity contribution in [3.63, 3.8) is 0 Å². The van der Waals surface area contributed by atoms with E-state index in [1.165, 1.54) is 6.07 Å². The quantitative estimate of drug-likeness (QED) is 0.457. The molecule has 8 nitrogen and oxygen atoms in total. The first kappa shape index (κ1) is 22.0. The number of hydrogen-bond donors (Lipinski definition) is 1. The molecule has 1 unspecified atom stereocenters. The van der Waals surface area contributed by atoms with Gasteiger partial charge in [-0.2, -0.15) is 5.26 Å². The Bertz CT molecular complexity index is 1460. The van der Waals surface area contributed by atoms with E-state index < -0.39 is 11.0 Å². The number of rotatable bonds is 6. The molecule has 1 N–H and O–H groups in total. The van der Waals surface area contributed by atoms with Crippen LogP contribution in [0.25, 0.3) is 16.8 Å². The Morgan fingerprint density at radius 3 is 2.79 bits per heavy atom. The highest BCUT2D eigenvalue weighted by atomic mass is 32.2. The molecule has 5 rings (SSSR count). The molecule has 1 atom stereocenters. The predicted molar refractivity (Wildman–Crippen MR) is 126 cm³/mol. The second-order valence-corrected chi connectivity index (χ2v) is 9.67. The maximum absolute atomic E-state index is 14.5. The van der Waals surface area contributed by atoms with E-state index in [-0.39, 0.29) is 18.1 Å². The van der Waals surface area contributed by atoms with Gasteiger partial charge in [0.2, 0.25) is 5.95 Å². The van der Waals surface area contributed by atoms with Gasteiger partial charge in [-0.25, -0.2) is 22.9 Å². The minimum atomic E-state index is -1.25. The lowest BCUT2D eigenvalue weighted by Crippen LogP contribution is -2.15. The average molecular weight is 477 g/mol. The van der Waals surface area contributed by atoms with Crippen molar-refractivity contribution < 1.29 is 13.3 Å². The topological polar surface area (TPSA) is 95.5 Å². The van der Waals surface area contributed by atoms with Gasteiger partial charge < -0.3 is 10.1 Å². The van der Waals surface area contributed by atoms with Gasteiger partial charge in [-0.05, 0) is 43.9 Å². The van der Waals surface area contributed by atoms with Gasteiger partial charge in [0.1, 0.15) is 28.6 Å². The molecule has 0 spiro atoms. The smallest absolute Gasteiger partial charge is 0.208 e. The summed E-state index contributed by atoms with van der Waals surface area (Å²) in [7, 11) is 2.25. The fourth-order valence-electron chi connectivity index (χ4n) is 4.00. The largest absolute Gasteiger partial charge is 0.493 e. The first-order valence-corrected chi connectivity index (χ1v) is 11.7. The Balaban J connectivity index is 1.50. The van der Waals surface area contributed by atoms with E-state index >= 15 is 0 Å². The molecule has 0 bridgehead atoms. The summed E-state index contributed by atoms with van der Waals surface area (Å²) in [6.07, 6.45) is 3.92. The molecule has 1 aliphatic heterocycles. The van der Waals surface area contributed by atoms with Crippen LogP contribution < -0.4 is 10.1 Å². The van der Waals surface area contributed by atoms with E-state index in [1.54, 1.807) is 53.4 Å². The Labute approximate surface area is 198 Å². The number of aromatic nitrogens is 3. The molecule has 0 aliphatic carbocycles. The van der Waals surface area contributed by atoms with Crippen LogP contribution >= 0.6 is 0 Å². The van der Waals surface area contributed by atoms with E-state index in [1.807, 2.05) is 12.1 Å². The summed E-state index contributed by atoms with van der Waals surface area (Å²) in [5.74, 6) is 0.844. The summed E-state index contributed by atoms with van der Waals surface area (Å²) in [6, 6.07) is 12.4. The van der Waals surface area contributed by atoms with E-state index in [0.717, 1.165) is 16.7 Å². The third-order valence-corrected chi connectivity index (χ3v) is 7.01. The van der Waals surface area contributed by atoms with Crippen LogP contribution in [0.3, 0.4) is 0 Å². The summed E-state index contributed by atoms with van der Waals surface area (Å²) in [5, 5.41) is 12.6. The lowest BCUT2D eigenvalue weighted by molar-refractivity contribution is 0.356. The van der Waals surface area contributed by atoms with Gasteiger partial charge in [-0.1, -0.05) is 12.1 Å². The molecule has 10 heteroatoms. The van der Waals surface area contributed by atoms with Gasteiger partial charge in [0, 0.05) is 35.9 Å². The summed E-state index contributed by atoms with van der Waals surface area (Å²) < 4.78 is 35.7. The van der Waals surface area contributed by atoms with Crippen LogP contribution in [0.5, 0.6) is 5.75 Å². The first-order chi connectivity index (χ1) is 16.5. The van der Waals surface area contributed by atoms with Gasteiger partial charge in [-0.3, -0.25) is 4.40 Å². The van der Waals surface area contributed by atoms with Crippen molar-refractivity contribution in [3.8, 4) is 22.9 Å². The molecule has 1 aliphatic rings.